The topological polar surface area (TPSA) is 115 Å². The summed E-state index contributed by atoms with van der Waals surface area (Å²) >= 11 is 0. The summed E-state index contributed by atoms with van der Waals surface area (Å²) in [5, 5.41) is 0. The molecule has 78 heavy (non-hydrogen) atoms. The van der Waals surface area contributed by atoms with E-state index >= 15 is 0 Å². The maximum atomic E-state index is 5.78. The lowest BCUT2D eigenvalue weighted by molar-refractivity contribution is 0.666. The SMILES string of the molecule is CCCCCCc1c2nc(c(CCCCCC)c3ccc([nH]3)c(-c3c4nc(c(-c5ccccc5)c5ccc(cc6nc(c(-c7ccccc7)c7ccc3[nH]7)C=C6)[nH]5)C=C4)c3nc(c(CCCCCC)c4ccc1[nH]4)C=C3)C=C2. The Morgan fingerprint density at radius 1 is 0.295 bits per heavy atom. The first-order valence-corrected chi connectivity index (χ1v) is 28.9. The second kappa shape index (κ2) is 23.1. The van der Waals surface area contributed by atoms with E-state index in [-0.39, 0.29) is 0 Å². The summed E-state index contributed by atoms with van der Waals surface area (Å²) < 4.78 is 0. The highest BCUT2D eigenvalue weighted by atomic mass is 14.8. The molecule has 12 rings (SSSR count). The Hall–Kier alpha value is -8.36. The molecule has 0 spiro atoms. The van der Waals surface area contributed by atoms with Gasteiger partial charge in [0.1, 0.15) is 0 Å². The van der Waals surface area contributed by atoms with E-state index in [1.807, 2.05) is 0 Å². The van der Waals surface area contributed by atoms with Gasteiger partial charge < -0.3 is 19.9 Å². The van der Waals surface area contributed by atoms with E-state index in [2.05, 4.69) is 205 Å². The zero-order valence-electron chi connectivity index (χ0n) is 45.5. The first-order chi connectivity index (χ1) is 38.5. The second-order valence-electron chi connectivity index (χ2n) is 21.3. The molecule has 0 unspecified atom stereocenters. The van der Waals surface area contributed by atoms with Gasteiger partial charge in [-0.2, -0.15) is 0 Å². The largest absolute Gasteiger partial charge is 0.355 e. The molecule has 4 N–H and O–H groups in total. The van der Waals surface area contributed by atoms with Crippen LogP contribution in [0.5, 0.6) is 0 Å². The molecule has 390 valence electrons. The van der Waals surface area contributed by atoms with Crippen LogP contribution in [-0.2, 0) is 19.3 Å². The van der Waals surface area contributed by atoms with Crippen LogP contribution >= 0.6 is 0 Å². The average Bonchev–Trinajstić information content (AvgIpc) is 4.46. The maximum Gasteiger partial charge on any atom is 0.0738 e. The predicted octanol–water partition coefficient (Wildman–Crippen LogP) is 19.0. The Morgan fingerprint density at radius 2 is 0.641 bits per heavy atom. The third-order valence-corrected chi connectivity index (χ3v) is 15.9. The van der Waals surface area contributed by atoms with E-state index in [4.69, 9.17) is 19.9 Å². The second-order valence-corrected chi connectivity index (χ2v) is 21.3. The van der Waals surface area contributed by atoms with E-state index in [0.717, 1.165) is 162 Å². The van der Waals surface area contributed by atoms with E-state index in [9.17, 15) is 0 Å². The summed E-state index contributed by atoms with van der Waals surface area (Å²) in [5.74, 6) is 0. The van der Waals surface area contributed by atoms with Gasteiger partial charge >= 0.3 is 0 Å². The standard InChI is InChI=1S/C70H70N8/c1-4-7-10-19-26-50-53-33-35-55(73-53)51(27-20-11-8-5-2)57-37-39-63(75-57)69(64-40-38-58(76-64)52(28-21-12-9-6-3)56-36-34-54(50)74-56)70-65-43-41-61(77-65)67(46-22-15-13-16-23-46)59-31-29-48(71-59)45-49-30-32-60(72-49)68(47-24-17-14-18-25-47)62-42-44-66(70)78-62/h13-18,22-25,29-45,71,73,76,78H,4-12,19-21,26-28H2,1-3H3. The number of hydrogen-bond donors (Lipinski definition) is 4. The van der Waals surface area contributed by atoms with Gasteiger partial charge in [0, 0.05) is 83.1 Å². The number of hydrogen-bond acceptors (Lipinski definition) is 4. The minimum atomic E-state index is 0.836. The highest BCUT2D eigenvalue weighted by Gasteiger charge is 2.23. The van der Waals surface area contributed by atoms with Crippen LogP contribution in [0.3, 0.4) is 0 Å². The van der Waals surface area contributed by atoms with Crippen LogP contribution in [0, 0.1) is 0 Å². The Morgan fingerprint density at radius 3 is 1.13 bits per heavy atom. The Bertz CT molecular complexity index is 3940. The molecule has 0 saturated carbocycles. The molecule has 0 aliphatic carbocycles. The molecule has 2 aromatic carbocycles. The van der Waals surface area contributed by atoms with Crippen molar-refractivity contribution in [3.05, 3.63) is 178 Å². The molecule has 0 amide bonds. The normalized spacial score (nSPS) is 12.6. The van der Waals surface area contributed by atoms with E-state index < -0.39 is 0 Å². The summed E-state index contributed by atoms with van der Waals surface area (Å²) in [7, 11) is 0. The lowest BCUT2D eigenvalue weighted by Gasteiger charge is -2.08. The van der Waals surface area contributed by atoms with E-state index in [1.165, 1.54) is 74.5 Å². The zero-order chi connectivity index (χ0) is 52.8. The highest BCUT2D eigenvalue weighted by Crippen LogP contribution is 2.40. The number of nitrogens with one attached hydrogen (secondary N) is 4. The van der Waals surface area contributed by atoms with Gasteiger partial charge in [0.05, 0.1) is 45.6 Å². The number of H-pyrrole nitrogens is 4. The number of fused-ring (bicyclic) bond motifs is 16. The molecule has 0 atom stereocenters. The predicted molar refractivity (Wildman–Crippen MR) is 331 cm³/mol. The van der Waals surface area contributed by atoms with Crippen molar-refractivity contribution in [3.63, 3.8) is 0 Å². The summed E-state index contributed by atoms with van der Waals surface area (Å²) in [6.45, 7) is 6.86. The van der Waals surface area contributed by atoms with Crippen LogP contribution < -0.4 is 0 Å². The molecule has 16 bridgehead atoms. The Balaban J connectivity index is 1.21. The molecule has 4 aliphatic heterocycles. The van der Waals surface area contributed by atoms with Crippen LogP contribution in [0.25, 0.3) is 126 Å². The molecule has 4 aliphatic rings. The van der Waals surface area contributed by atoms with Crippen molar-refractivity contribution in [2.75, 3.05) is 0 Å². The molecule has 10 heterocycles. The summed E-state index contributed by atoms with van der Waals surface area (Å²) in [5.41, 5.74) is 25.4. The number of aromatic amines is 4. The fraction of sp³-hybridized carbons (Fsp3) is 0.257. The van der Waals surface area contributed by atoms with Gasteiger partial charge in [-0.05, 0) is 153 Å². The van der Waals surface area contributed by atoms with Crippen molar-refractivity contribution in [2.24, 2.45) is 0 Å². The van der Waals surface area contributed by atoms with Crippen molar-refractivity contribution in [1.29, 1.82) is 0 Å². The lowest BCUT2D eigenvalue weighted by atomic mass is 10.0. The Kier molecular flexibility index (Phi) is 14.9. The van der Waals surface area contributed by atoms with Crippen molar-refractivity contribution >= 4 is 92.7 Å². The highest BCUT2D eigenvalue weighted by molar-refractivity contribution is 6.03. The van der Waals surface area contributed by atoms with Gasteiger partial charge in [-0.25, -0.2) is 19.9 Å². The van der Waals surface area contributed by atoms with Gasteiger partial charge in [-0.1, -0.05) is 139 Å². The first-order valence-electron chi connectivity index (χ1n) is 28.9. The van der Waals surface area contributed by atoms with E-state index in [0.29, 0.717) is 0 Å². The molecule has 0 radical (unpaired) electrons. The number of aromatic nitrogens is 8. The van der Waals surface area contributed by atoms with Crippen molar-refractivity contribution in [2.45, 2.75) is 117 Å². The minimum absolute atomic E-state index is 0.836. The lowest BCUT2D eigenvalue weighted by Crippen LogP contribution is -1.95. The molecule has 0 fully saturated rings. The monoisotopic (exact) mass is 1020 g/mol. The number of benzene rings is 2. The summed E-state index contributed by atoms with van der Waals surface area (Å²) in [6, 6.07) is 41.2. The average molecular weight is 1020 g/mol. The summed E-state index contributed by atoms with van der Waals surface area (Å²) in [4.78, 5) is 38.2. The minimum Gasteiger partial charge on any atom is -0.355 e. The molecular formula is C70H70N8. The Labute approximate surface area is 458 Å². The first kappa shape index (κ1) is 50.5. The molecular weight excluding hydrogens is 953 g/mol. The van der Waals surface area contributed by atoms with Crippen molar-refractivity contribution in [1.82, 2.24) is 39.9 Å². The third-order valence-electron chi connectivity index (χ3n) is 15.9. The van der Waals surface area contributed by atoms with Crippen LogP contribution in [0.1, 0.15) is 160 Å². The van der Waals surface area contributed by atoms with Gasteiger partial charge in [-0.3, -0.25) is 0 Å². The van der Waals surface area contributed by atoms with Gasteiger partial charge in [0.15, 0.2) is 0 Å². The smallest absolute Gasteiger partial charge is 0.0738 e. The van der Waals surface area contributed by atoms with Gasteiger partial charge in [0.2, 0.25) is 0 Å². The van der Waals surface area contributed by atoms with E-state index in [1.54, 1.807) is 0 Å². The van der Waals surface area contributed by atoms with Crippen molar-refractivity contribution in [3.8, 4) is 33.4 Å². The number of nitrogens with zero attached hydrogens (tertiary/aromatic N) is 4. The molecule has 8 heteroatoms. The number of rotatable bonds is 18. The number of aryl methyl sites for hydroxylation is 3. The van der Waals surface area contributed by atoms with Gasteiger partial charge in [0.25, 0.3) is 0 Å². The maximum absolute atomic E-state index is 5.78. The fourth-order valence-electron chi connectivity index (χ4n) is 11.8. The molecule has 0 saturated heterocycles. The quantitative estimate of drug-likeness (QED) is 0.0641. The number of unbranched alkanes of at least 4 members (excludes halogenated alkanes) is 9. The molecule has 8 nitrogen and oxygen atoms in total. The van der Waals surface area contributed by atoms with Crippen molar-refractivity contribution < 1.29 is 0 Å². The van der Waals surface area contributed by atoms with Crippen LogP contribution in [0.15, 0.2) is 115 Å². The third kappa shape index (κ3) is 10.4. The van der Waals surface area contributed by atoms with Crippen LogP contribution in [0.4, 0.5) is 0 Å². The van der Waals surface area contributed by atoms with Gasteiger partial charge in [-0.15, -0.1) is 0 Å². The van der Waals surface area contributed by atoms with Crippen LogP contribution in [0.2, 0.25) is 0 Å². The molecule has 6 aromatic heterocycles. The van der Waals surface area contributed by atoms with Crippen LogP contribution in [-0.4, -0.2) is 39.9 Å². The molecule has 8 aromatic rings. The zero-order valence-corrected chi connectivity index (χ0v) is 45.5. The fourth-order valence-corrected chi connectivity index (χ4v) is 11.8. The summed E-state index contributed by atoms with van der Waals surface area (Å²) in [6.07, 6.45) is 34.5.